The van der Waals surface area contributed by atoms with Crippen molar-refractivity contribution in [1.82, 2.24) is 9.78 Å². The minimum absolute atomic E-state index is 0.478. The normalized spacial score (nSPS) is 10.3. The highest BCUT2D eigenvalue weighted by atomic mass is 16.5. The van der Waals surface area contributed by atoms with E-state index in [2.05, 4.69) is 5.10 Å². The molecule has 16 heavy (non-hydrogen) atoms. The first-order valence-corrected chi connectivity index (χ1v) is 4.91. The molecule has 1 heterocycles. The summed E-state index contributed by atoms with van der Waals surface area (Å²) >= 11 is 0. The van der Waals surface area contributed by atoms with Gasteiger partial charge in [-0.15, -0.1) is 0 Å². The number of nitrogens with two attached hydrogens (primary N) is 2. The van der Waals surface area contributed by atoms with Gasteiger partial charge in [-0.05, 0) is 6.07 Å². The van der Waals surface area contributed by atoms with Gasteiger partial charge in [0.15, 0.2) is 0 Å². The van der Waals surface area contributed by atoms with Crippen LogP contribution in [0.15, 0.2) is 30.5 Å². The lowest BCUT2D eigenvalue weighted by Gasteiger charge is -2.09. The molecule has 2 rings (SSSR count). The smallest absolute Gasteiger partial charge is 0.145 e. The van der Waals surface area contributed by atoms with E-state index in [1.165, 1.54) is 0 Å². The number of ether oxygens (including phenoxy) is 1. The van der Waals surface area contributed by atoms with E-state index in [1.54, 1.807) is 18.0 Å². The first-order chi connectivity index (χ1) is 7.72. The summed E-state index contributed by atoms with van der Waals surface area (Å²) in [6.07, 6.45) is 1.55. The molecule has 0 spiro atoms. The van der Waals surface area contributed by atoms with E-state index in [-0.39, 0.29) is 0 Å². The minimum atomic E-state index is 0.478. The van der Waals surface area contributed by atoms with Crippen LogP contribution in [-0.2, 0) is 6.54 Å². The van der Waals surface area contributed by atoms with E-state index in [9.17, 15) is 0 Å². The number of nitrogens with zero attached hydrogens (tertiary/aromatic N) is 2. The third-order valence-electron chi connectivity index (χ3n) is 2.42. The van der Waals surface area contributed by atoms with Crippen molar-refractivity contribution in [3.05, 3.63) is 36.0 Å². The summed E-state index contributed by atoms with van der Waals surface area (Å²) in [7, 11) is 1.64. The number of methoxy groups -OCH3 is 1. The predicted octanol–water partition coefficient (Wildman–Crippen LogP) is 1.10. The fraction of sp³-hybridized carbons (Fsp3) is 0.182. The molecule has 4 N–H and O–H groups in total. The van der Waals surface area contributed by atoms with Crippen LogP contribution < -0.4 is 16.2 Å². The summed E-state index contributed by atoms with van der Waals surface area (Å²) in [5, 5.41) is 4.10. The number of anilines is 2. The fourth-order valence-electron chi connectivity index (χ4n) is 1.53. The zero-order valence-electron chi connectivity index (χ0n) is 9.05. The molecule has 0 bridgehead atoms. The van der Waals surface area contributed by atoms with Crippen molar-refractivity contribution in [2.45, 2.75) is 6.54 Å². The molecule has 0 saturated carbocycles. The van der Waals surface area contributed by atoms with Gasteiger partial charge in [-0.25, -0.2) is 4.68 Å². The Bertz CT molecular complexity index is 492. The standard InChI is InChI=1S/C11H14N4O/c1-16-10-5-3-2-4-8(10)7-15-11(13)9(12)6-14-15/h2-6H,7,12-13H2,1H3. The number of hydrogen-bond acceptors (Lipinski definition) is 4. The van der Waals surface area contributed by atoms with Crippen molar-refractivity contribution >= 4 is 11.5 Å². The van der Waals surface area contributed by atoms with Crippen molar-refractivity contribution in [3.8, 4) is 5.75 Å². The molecule has 0 unspecified atom stereocenters. The van der Waals surface area contributed by atoms with Gasteiger partial charge < -0.3 is 16.2 Å². The van der Waals surface area contributed by atoms with Gasteiger partial charge in [-0.2, -0.15) is 5.10 Å². The van der Waals surface area contributed by atoms with Crippen molar-refractivity contribution < 1.29 is 4.74 Å². The van der Waals surface area contributed by atoms with Crippen LogP contribution >= 0.6 is 0 Å². The Labute approximate surface area is 93.6 Å². The monoisotopic (exact) mass is 218 g/mol. The Hall–Kier alpha value is -2.17. The molecular weight excluding hydrogens is 204 g/mol. The maximum atomic E-state index is 5.78. The van der Waals surface area contributed by atoms with Crippen LogP contribution in [0, 0.1) is 0 Å². The Balaban J connectivity index is 2.30. The van der Waals surface area contributed by atoms with Crippen molar-refractivity contribution in [1.29, 1.82) is 0 Å². The largest absolute Gasteiger partial charge is 0.496 e. The molecule has 84 valence electrons. The molecule has 0 atom stereocenters. The zero-order chi connectivity index (χ0) is 11.5. The number of nitrogen functional groups attached to an aromatic ring is 2. The molecule has 2 aromatic rings. The molecule has 0 aliphatic heterocycles. The van der Waals surface area contributed by atoms with Crippen LogP contribution in [0.25, 0.3) is 0 Å². The molecule has 0 amide bonds. The van der Waals surface area contributed by atoms with E-state index < -0.39 is 0 Å². The molecule has 0 saturated heterocycles. The highest BCUT2D eigenvalue weighted by molar-refractivity contribution is 5.57. The first kappa shape index (κ1) is 10.4. The molecule has 0 fully saturated rings. The Kier molecular flexibility index (Phi) is 2.68. The molecule has 0 aliphatic rings. The second-order valence-electron chi connectivity index (χ2n) is 3.45. The molecule has 5 heteroatoms. The SMILES string of the molecule is COc1ccccc1Cn1ncc(N)c1N. The topological polar surface area (TPSA) is 79.1 Å². The summed E-state index contributed by atoms with van der Waals surface area (Å²) in [4.78, 5) is 0. The minimum Gasteiger partial charge on any atom is -0.496 e. The van der Waals surface area contributed by atoms with Crippen LogP contribution in [0.5, 0.6) is 5.75 Å². The van der Waals surface area contributed by atoms with Gasteiger partial charge in [0, 0.05) is 5.56 Å². The van der Waals surface area contributed by atoms with E-state index >= 15 is 0 Å². The summed E-state index contributed by atoms with van der Waals surface area (Å²) in [6, 6.07) is 7.73. The van der Waals surface area contributed by atoms with Gasteiger partial charge in [-0.1, -0.05) is 18.2 Å². The van der Waals surface area contributed by atoms with E-state index in [0.29, 0.717) is 18.1 Å². The number of aromatic nitrogens is 2. The van der Waals surface area contributed by atoms with Gasteiger partial charge in [0.25, 0.3) is 0 Å². The fourth-order valence-corrected chi connectivity index (χ4v) is 1.53. The van der Waals surface area contributed by atoms with E-state index in [1.807, 2.05) is 24.3 Å². The van der Waals surface area contributed by atoms with Gasteiger partial charge in [0.2, 0.25) is 0 Å². The first-order valence-electron chi connectivity index (χ1n) is 4.91. The maximum Gasteiger partial charge on any atom is 0.145 e. The summed E-state index contributed by atoms with van der Waals surface area (Å²) in [6.45, 7) is 0.549. The summed E-state index contributed by atoms with van der Waals surface area (Å²) in [5.74, 6) is 1.29. The van der Waals surface area contributed by atoms with Crippen LogP contribution in [0.2, 0.25) is 0 Å². The molecular formula is C11H14N4O. The summed E-state index contributed by atoms with van der Waals surface area (Å²) < 4.78 is 6.90. The highest BCUT2D eigenvalue weighted by Crippen LogP contribution is 2.21. The van der Waals surface area contributed by atoms with Gasteiger partial charge >= 0.3 is 0 Å². The number of rotatable bonds is 3. The van der Waals surface area contributed by atoms with Gasteiger partial charge in [-0.3, -0.25) is 0 Å². The average molecular weight is 218 g/mol. The maximum absolute atomic E-state index is 5.78. The molecule has 0 radical (unpaired) electrons. The molecule has 0 aliphatic carbocycles. The average Bonchev–Trinajstić information content (AvgIpc) is 2.62. The lowest BCUT2D eigenvalue weighted by molar-refractivity contribution is 0.407. The third kappa shape index (κ3) is 1.79. The molecule has 1 aromatic heterocycles. The highest BCUT2D eigenvalue weighted by Gasteiger charge is 2.07. The van der Waals surface area contributed by atoms with Crippen LogP contribution in [-0.4, -0.2) is 16.9 Å². The van der Waals surface area contributed by atoms with Crippen molar-refractivity contribution in [2.75, 3.05) is 18.6 Å². The van der Waals surface area contributed by atoms with Gasteiger partial charge in [0.05, 0.1) is 25.5 Å². The second-order valence-corrected chi connectivity index (χ2v) is 3.45. The van der Waals surface area contributed by atoms with Crippen LogP contribution in [0.1, 0.15) is 5.56 Å². The Morgan fingerprint density at radius 2 is 2.06 bits per heavy atom. The van der Waals surface area contributed by atoms with E-state index in [0.717, 1.165) is 11.3 Å². The third-order valence-corrected chi connectivity index (χ3v) is 2.42. The van der Waals surface area contributed by atoms with E-state index in [4.69, 9.17) is 16.2 Å². The lowest BCUT2D eigenvalue weighted by Crippen LogP contribution is -2.07. The predicted molar refractivity (Wildman–Crippen MR) is 63.1 cm³/mol. The summed E-state index contributed by atoms with van der Waals surface area (Å²) in [5.41, 5.74) is 12.9. The lowest BCUT2D eigenvalue weighted by atomic mass is 10.2. The Morgan fingerprint density at radius 3 is 2.69 bits per heavy atom. The number of benzene rings is 1. The number of para-hydroxylation sites is 1. The molecule has 5 nitrogen and oxygen atoms in total. The Morgan fingerprint density at radius 1 is 1.31 bits per heavy atom. The quantitative estimate of drug-likeness (QED) is 0.808. The van der Waals surface area contributed by atoms with Crippen molar-refractivity contribution in [3.63, 3.8) is 0 Å². The second kappa shape index (κ2) is 4.14. The van der Waals surface area contributed by atoms with Crippen molar-refractivity contribution in [2.24, 2.45) is 0 Å². The molecule has 1 aromatic carbocycles. The van der Waals surface area contributed by atoms with Crippen LogP contribution in [0.4, 0.5) is 11.5 Å². The zero-order valence-corrected chi connectivity index (χ0v) is 9.05. The van der Waals surface area contributed by atoms with Gasteiger partial charge in [0.1, 0.15) is 11.6 Å². The number of hydrogen-bond donors (Lipinski definition) is 2. The van der Waals surface area contributed by atoms with Crippen LogP contribution in [0.3, 0.4) is 0 Å².